The number of amides is 2. The second-order valence-electron chi connectivity index (χ2n) is 6.20. The summed E-state index contributed by atoms with van der Waals surface area (Å²) in [5.41, 5.74) is 8.80. The fraction of sp³-hybridized carbons (Fsp3) is 0.263. The van der Waals surface area contributed by atoms with Gasteiger partial charge in [-0.3, -0.25) is 15.0 Å². The number of benzene rings is 2. The fourth-order valence-corrected chi connectivity index (χ4v) is 3.07. The van der Waals surface area contributed by atoms with Crippen LogP contribution in [0.15, 0.2) is 48.5 Å². The summed E-state index contributed by atoms with van der Waals surface area (Å²) < 4.78 is 0. The van der Waals surface area contributed by atoms with Crippen LogP contribution >= 0.6 is 11.6 Å². The Hall–Kier alpha value is -2.41. The Kier molecular flexibility index (Phi) is 5.88. The summed E-state index contributed by atoms with van der Waals surface area (Å²) in [7, 11) is 1.61. The first-order valence-corrected chi connectivity index (χ1v) is 8.79. The number of rotatable bonds is 5. The van der Waals surface area contributed by atoms with Crippen LogP contribution in [0.3, 0.4) is 0 Å². The molecule has 2 amide bonds. The highest BCUT2D eigenvalue weighted by molar-refractivity contribution is 6.30. The number of anilines is 1. The number of carbonyl (C=O) groups is 2. The molecule has 6 nitrogen and oxygen atoms in total. The Morgan fingerprint density at radius 1 is 1.12 bits per heavy atom. The van der Waals surface area contributed by atoms with Gasteiger partial charge in [0, 0.05) is 24.3 Å². The van der Waals surface area contributed by atoms with Gasteiger partial charge in [-0.1, -0.05) is 35.9 Å². The number of hydrazine groups is 1. The van der Waals surface area contributed by atoms with Crippen LogP contribution in [0.4, 0.5) is 5.69 Å². The summed E-state index contributed by atoms with van der Waals surface area (Å²) in [4.78, 5) is 24.1. The first-order chi connectivity index (χ1) is 12.6. The molecule has 0 saturated carbocycles. The molecular formula is C19H21ClN4O2. The standard InChI is InChI=1S/C19H21ClN4O2/c1-21-17(25)10-12-2-8-15(9-3-12)23-19(26)16-11-22-24-18(16)13-4-6-14(20)7-5-13/h2-9,16,18,22,24H,10-11H2,1H3,(H,21,25)(H,23,26). The van der Waals surface area contributed by atoms with Crippen molar-refractivity contribution in [3.05, 3.63) is 64.7 Å². The summed E-state index contributed by atoms with van der Waals surface area (Å²) >= 11 is 5.94. The van der Waals surface area contributed by atoms with Crippen LogP contribution < -0.4 is 21.5 Å². The van der Waals surface area contributed by atoms with Gasteiger partial charge in [0.15, 0.2) is 0 Å². The number of hydrogen-bond donors (Lipinski definition) is 4. The summed E-state index contributed by atoms with van der Waals surface area (Å²) in [6.07, 6.45) is 0.319. The van der Waals surface area contributed by atoms with Crippen LogP contribution in [0.25, 0.3) is 0 Å². The Morgan fingerprint density at radius 2 is 1.81 bits per heavy atom. The maximum absolute atomic E-state index is 12.7. The van der Waals surface area contributed by atoms with Crippen LogP contribution in [0.1, 0.15) is 17.2 Å². The summed E-state index contributed by atoms with van der Waals surface area (Å²) in [6, 6.07) is 14.6. The van der Waals surface area contributed by atoms with Crippen molar-refractivity contribution in [3.63, 3.8) is 0 Å². The van der Waals surface area contributed by atoms with Crippen LogP contribution in [-0.4, -0.2) is 25.4 Å². The van der Waals surface area contributed by atoms with Crippen molar-refractivity contribution in [2.75, 3.05) is 18.9 Å². The lowest BCUT2D eigenvalue weighted by atomic mass is 9.94. The lowest BCUT2D eigenvalue weighted by Gasteiger charge is -2.18. The Morgan fingerprint density at radius 3 is 2.46 bits per heavy atom. The number of nitrogens with one attached hydrogen (secondary N) is 4. The Bertz CT molecular complexity index is 777. The van der Waals surface area contributed by atoms with E-state index in [1.54, 1.807) is 7.05 Å². The molecule has 26 heavy (non-hydrogen) atoms. The third-order valence-electron chi connectivity index (χ3n) is 4.41. The molecule has 1 aliphatic rings. The molecule has 2 aromatic rings. The highest BCUT2D eigenvalue weighted by atomic mass is 35.5. The molecule has 4 N–H and O–H groups in total. The smallest absolute Gasteiger partial charge is 0.230 e. The van der Waals surface area contributed by atoms with Crippen molar-refractivity contribution in [1.29, 1.82) is 0 Å². The van der Waals surface area contributed by atoms with Crippen molar-refractivity contribution in [1.82, 2.24) is 16.2 Å². The molecule has 1 fully saturated rings. The van der Waals surface area contributed by atoms with Crippen molar-refractivity contribution < 1.29 is 9.59 Å². The van der Waals surface area contributed by atoms with Gasteiger partial charge in [-0.25, -0.2) is 5.43 Å². The van der Waals surface area contributed by atoms with E-state index in [4.69, 9.17) is 11.6 Å². The Balaban J connectivity index is 1.65. The van der Waals surface area contributed by atoms with Crippen LogP contribution in [0, 0.1) is 5.92 Å². The molecule has 3 rings (SSSR count). The number of carbonyl (C=O) groups excluding carboxylic acids is 2. The maximum Gasteiger partial charge on any atom is 0.230 e. The topological polar surface area (TPSA) is 82.3 Å². The molecule has 7 heteroatoms. The maximum atomic E-state index is 12.7. The second kappa shape index (κ2) is 8.31. The van der Waals surface area contributed by atoms with E-state index in [0.29, 0.717) is 23.7 Å². The number of halogens is 1. The molecule has 2 aromatic carbocycles. The van der Waals surface area contributed by atoms with E-state index in [0.717, 1.165) is 11.1 Å². The van der Waals surface area contributed by atoms with Gasteiger partial charge < -0.3 is 10.6 Å². The van der Waals surface area contributed by atoms with E-state index in [2.05, 4.69) is 21.5 Å². The molecule has 2 unspecified atom stereocenters. The molecule has 136 valence electrons. The molecule has 0 radical (unpaired) electrons. The van der Waals surface area contributed by atoms with Gasteiger partial charge >= 0.3 is 0 Å². The van der Waals surface area contributed by atoms with Gasteiger partial charge in [-0.15, -0.1) is 0 Å². The lowest BCUT2D eigenvalue weighted by molar-refractivity contribution is -0.120. The lowest BCUT2D eigenvalue weighted by Crippen LogP contribution is -2.29. The molecule has 0 aromatic heterocycles. The molecule has 1 heterocycles. The molecule has 2 atom stereocenters. The first kappa shape index (κ1) is 18.4. The van der Waals surface area contributed by atoms with E-state index in [1.807, 2.05) is 48.5 Å². The zero-order chi connectivity index (χ0) is 18.5. The average Bonchev–Trinajstić information content (AvgIpc) is 3.14. The second-order valence-corrected chi connectivity index (χ2v) is 6.63. The minimum absolute atomic E-state index is 0.0457. The largest absolute Gasteiger partial charge is 0.359 e. The van der Waals surface area contributed by atoms with Crippen molar-refractivity contribution in [2.24, 2.45) is 5.92 Å². The third-order valence-corrected chi connectivity index (χ3v) is 4.66. The van der Waals surface area contributed by atoms with Crippen molar-refractivity contribution in [2.45, 2.75) is 12.5 Å². The molecular weight excluding hydrogens is 352 g/mol. The Labute approximate surface area is 157 Å². The van der Waals surface area contributed by atoms with Gasteiger partial charge in [0.2, 0.25) is 11.8 Å². The van der Waals surface area contributed by atoms with Crippen LogP contribution in [-0.2, 0) is 16.0 Å². The van der Waals surface area contributed by atoms with E-state index >= 15 is 0 Å². The van der Waals surface area contributed by atoms with Crippen LogP contribution in [0.5, 0.6) is 0 Å². The predicted molar refractivity (Wildman–Crippen MR) is 102 cm³/mol. The summed E-state index contributed by atoms with van der Waals surface area (Å²) in [5, 5.41) is 6.20. The van der Waals surface area contributed by atoms with Gasteiger partial charge in [0.05, 0.1) is 18.4 Å². The van der Waals surface area contributed by atoms with Gasteiger partial charge in [-0.05, 0) is 35.4 Å². The highest BCUT2D eigenvalue weighted by Crippen LogP contribution is 2.27. The van der Waals surface area contributed by atoms with Crippen molar-refractivity contribution >= 4 is 29.1 Å². The highest BCUT2D eigenvalue weighted by Gasteiger charge is 2.33. The number of likely N-dealkylation sites (N-methyl/N-ethyl adjacent to an activating group) is 1. The first-order valence-electron chi connectivity index (χ1n) is 8.41. The van der Waals surface area contributed by atoms with Gasteiger partial charge in [-0.2, -0.15) is 0 Å². The van der Waals surface area contributed by atoms with Crippen molar-refractivity contribution in [3.8, 4) is 0 Å². The zero-order valence-corrected chi connectivity index (χ0v) is 15.1. The third kappa shape index (κ3) is 4.40. The van der Waals surface area contributed by atoms with Gasteiger partial charge in [0.25, 0.3) is 0 Å². The average molecular weight is 373 g/mol. The summed E-state index contributed by atoms with van der Waals surface area (Å²) in [6.45, 7) is 0.536. The summed E-state index contributed by atoms with van der Waals surface area (Å²) in [5.74, 6) is -0.362. The van der Waals surface area contributed by atoms with Crippen LogP contribution in [0.2, 0.25) is 5.02 Å². The van der Waals surface area contributed by atoms with E-state index in [-0.39, 0.29) is 23.8 Å². The SMILES string of the molecule is CNC(=O)Cc1ccc(NC(=O)C2CNNC2c2ccc(Cl)cc2)cc1. The molecule has 0 bridgehead atoms. The van der Waals surface area contributed by atoms with E-state index in [1.165, 1.54) is 0 Å². The van der Waals surface area contributed by atoms with E-state index < -0.39 is 0 Å². The molecule has 0 spiro atoms. The monoisotopic (exact) mass is 372 g/mol. The van der Waals surface area contributed by atoms with E-state index in [9.17, 15) is 9.59 Å². The minimum atomic E-state index is -0.248. The fourth-order valence-electron chi connectivity index (χ4n) is 2.94. The molecule has 1 saturated heterocycles. The quantitative estimate of drug-likeness (QED) is 0.647. The molecule has 1 aliphatic heterocycles. The zero-order valence-electron chi connectivity index (χ0n) is 14.4. The minimum Gasteiger partial charge on any atom is -0.359 e. The van der Waals surface area contributed by atoms with Gasteiger partial charge in [0.1, 0.15) is 0 Å². The normalized spacial score (nSPS) is 19.2. The predicted octanol–water partition coefficient (Wildman–Crippen LogP) is 2.03. The molecule has 0 aliphatic carbocycles. The number of hydrogen-bond acceptors (Lipinski definition) is 4.